The van der Waals surface area contributed by atoms with Crippen LogP contribution in [-0.4, -0.2) is 10.3 Å². The molecule has 1 heterocycles. The minimum atomic E-state index is -1.15. The third-order valence-corrected chi connectivity index (χ3v) is 1.69. The molecule has 1 aromatic rings. The minimum absolute atomic E-state index is 0.194. The standard InChI is InChI=1S/C5H5NO2S/c1-3-4(5(7)8)2-9-6-3/h2H,1H3,(H,7,8)/p-1. The van der Waals surface area contributed by atoms with Gasteiger partial charge in [-0.1, -0.05) is 0 Å². The smallest absolute Gasteiger partial charge is 0.0742 e. The van der Waals surface area contributed by atoms with E-state index in [0.717, 1.165) is 11.5 Å². The molecule has 0 radical (unpaired) electrons. The first-order valence-corrected chi connectivity index (χ1v) is 3.18. The first kappa shape index (κ1) is 6.22. The fraction of sp³-hybridized carbons (Fsp3) is 0.200. The number of carbonyl (C=O) groups excluding carboxylic acids is 1. The third kappa shape index (κ3) is 1.08. The summed E-state index contributed by atoms with van der Waals surface area (Å²) in [5.41, 5.74) is 0.722. The van der Waals surface area contributed by atoms with Gasteiger partial charge in [0.15, 0.2) is 0 Å². The van der Waals surface area contributed by atoms with Gasteiger partial charge in [-0.05, 0) is 18.5 Å². The van der Waals surface area contributed by atoms with Gasteiger partial charge in [0.05, 0.1) is 11.7 Å². The molecule has 0 saturated heterocycles. The molecule has 0 aliphatic heterocycles. The van der Waals surface area contributed by atoms with E-state index in [2.05, 4.69) is 4.37 Å². The lowest BCUT2D eigenvalue weighted by molar-refractivity contribution is -0.255. The lowest BCUT2D eigenvalue weighted by Gasteiger charge is -1.95. The summed E-state index contributed by atoms with van der Waals surface area (Å²) >= 11 is 1.12. The van der Waals surface area contributed by atoms with Crippen LogP contribution in [0.2, 0.25) is 0 Å². The van der Waals surface area contributed by atoms with Gasteiger partial charge in [0, 0.05) is 10.9 Å². The second-order valence-corrected chi connectivity index (χ2v) is 2.23. The second kappa shape index (κ2) is 2.14. The van der Waals surface area contributed by atoms with Gasteiger partial charge < -0.3 is 9.90 Å². The Morgan fingerprint density at radius 3 is 2.78 bits per heavy atom. The number of aromatic nitrogens is 1. The van der Waals surface area contributed by atoms with Crippen LogP contribution in [0.4, 0.5) is 0 Å². The Kier molecular flexibility index (Phi) is 1.48. The topological polar surface area (TPSA) is 53.0 Å². The van der Waals surface area contributed by atoms with E-state index in [1.165, 1.54) is 5.38 Å². The summed E-state index contributed by atoms with van der Waals surface area (Å²) in [7, 11) is 0. The van der Waals surface area contributed by atoms with Gasteiger partial charge in [0.2, 0.25) is 0 Å². The Labute approximate surface area is 56.1 Å². The van der Waals surface area contributed by atoms with Crippen molar-refractivity contribution in [3.63, 3.8) is 0 Å². The molecule has 1 rings (SSSR count). The fourth-order valence-electron chi connectivity index (χ4n) is 0.488. The predicted molar refractivity (Wildman–Crippen MR) is 31.2 cm³/mol. The number of aryl methyl sites for hydroxylation is 1. The van der Waals surface area contributed by atoms with Crippen molar-refractivity contribution in [2.45, 2.75) is 6.92 Å². The molecule has 4 heteroatoms. The quantitative estimate of drug-likeness (QED) is 0.546. The average molecular weight is 142 g/mol. The van der Waals surface area contributed by atoms with Crippen LogP contribution in [-0.2, 0) is 0 Å². The van der Waals surface area contributed by atoms with E-state index >= 15 is 0 Å². The molecule has 1 aromatic heterocycles. The van der Waals surface area contributed by atoms with Crippen LogP contribution in [0.15, 0.2) is 5.38 Å². The van der Waals surface area contributed by atoms with Crippen LogP contribution >= 0.6 is 11.5 Å². The Balaban J connectivity index is 3.08. The second-order valence-electron chi connectivity index (χ2n) is 1.60. The maximum Gasteiger partial charge on any atom is 0.0742 e. The summed E-state index contributed by atoms with van der Waals surface area (Å²) in [4.78, 5) is 10.1. The van der Waals surface area contributed by atoms with Crippen LogP contribution < -0.4 is 5.11 Å². The fourth-order valence-corrected chi connectivity index (χ4v) is 1.17. The predicted octanol–water partition coefficient (Wildman–Crippen LogP) is -0.185. The first-order valence-electron chi connectivity index (χ1n) is 2.34. The maximum absolute atomic E-state index is 10.1. The number of carboxylic acid groups (broad SMARTS) is 1. The maximum atomic E-state index is 10.1. The van der Waals surface area contributed by atoms with Crippen molar-refractivity contribution < 1.29 is 9.90 Å². The van der Waals surface area contributed by atoms with Crippen LogP contribution in [0.3, 0.4) is 0 Å². The van der Waals surface area contributed by atoms with E-state index in [9.17, 15) is 9.90 Å². The molecule has 0 bridgehead atoms. The highest BCUT2D eigenvalue weighted by molar-refractivity contribution is 7.03. The zero-order valence-corrected chi connectivity index (χ0v) is 5.57. The number of nitrogens with zero attached hydrogens (tertiary/aromatic N) is 1. The largest absolute Gasteiger partial charge is 0.545 e. The van der Waals surface area contributed by atoms with Crippen molar-refractivity contribution in [2.24, 2.45) is 0 Å². The van der Waals surface area contributed by atoms with Crippen molar-refractivity contribution in [3.05, 3.63) is 16.6 Å². The normalized spacial score (nSPS) is 9.44. The van der Waals surface area contributed by atoms with E-state index < -0.39 is 5.97 Å². The highest BCUT2D eigenvalue weighted by Crippen LogP contribution is 2.06. The molecule has 48 valence electrons. The van der Waals surface area contributed by atoms with E-state index in [-0.39, 0.29) is 5.56 Å². The molecule has 0 spiro atoms. The number of carboxylic acids is 1. The Bertz CT molecular complexity index is 231. The molecular weight excluding hydrogens is 138 g/mol. The van der Waals surface area contributed by atoms with Crippen LogP contribution in [0.5, 0.6) is 0 Å². The summed E-state index contributed by atoms with van der Waals surface area (Å²) in [6.45, 7) is 1.64. The Morgan fingerprint density at radius 1 is 1.89 bits per heavy atom. The van der Waals surface area contributed by atoms with Crippen molar-refractivity contribution in [3.8, 4) is 0 Å². The zero-order valence-electron chi connectivity index (χ0n) is 4.75. The van der Waals surface area contributed by atoms with Crippen LogP contribution in [0.25, 0.3) is 0 Å². The number of aromatic carboxylic acids is 1. The molecule has 0 atom stereocenters. The summed E-state index contributed by atoms with van der Waals surface area (Å²) in [5.74, 6) is -1.15. The van der Waals surface area contributed by atoms with Gasteiger partial charge >= 0.3 is 0 Å². The highest BCUT2D eigenvalue weighted by Gasteiger charge is 1.98. The highest BCUT2D eigenvalue weighted by atomic mass is 32.1. The summed E-state index contributed by atoms with van der Waals surface area (Å²) in [5, 5.41) is 11.6. The first-order chi connectivity index (χ1) is 4.22. The molecule has 3 nitrogen and oxygen atoms in total. The number of rotatable bonds is 1. The average Bonchev–Trinajstić information content (AvgIpc) is 2.13. The number of carbonyl (C=O) groups is 1. The van der Waals surface area contributed by atoms with Crippen molar-refractivity contribution >= 4 is 17.5 Å². The zero-order chi connectivity index (χ0) is 6.85. The Morgan fingerprint density at radius 2 is 2.56 bits per heavy atom. The monoisotopic (exact) mass is 142 g/mol. The number of hydrogen-bond acceptors (Lipinski definition) is 4. The minimum Gasteiger partial charge on any atom is -0.545 e. The molecule has 9 heavy (non-hydrogen) atoms. The summed E-state index contributed by atoms with van der Waals surface area (Å²) < 4.78 is 3.76. The van der Waals surface area contributed by atoms with Gasteiger partial charge in [0.1, 0.15) is 0 Å². The van der Waals surface area contributed by atoms with Gasteiger partial charge in [-0.15, -0.1) is 0 Å². The lowest BCUT2D eigenvalue weighted by atomic mass is 10.3. The molecule has 0 aliphatic rings. The molecule has 0 aliphatic carbocycles. The summed E-state index contributed by atoms with van der Waals surface area (Å²) in [6.07, 6.45) is 0. The van der Waals surface area contributed by atoms with Gasteiger partial charge in [-0.2, -0.15) is 4.37 Å². The van der Waals surface area contributed by atoms with Crippen LogP contribution in [0, 0.1) is 6.92 Å². The molecule has 0 saturated carbocycles. The van der Waals surface area contributed by atoms with Gasteiger partial charge in [-0.25, -0.2) is 0 Å². The van der Waals surface area contributed by atoms with Crippen molar-refractivity contribution in [2.75, 3.05) is 0 Å². The van der Waals surface area contributed by atoms with Gasteiger partial charge in [-0.3, -0.25) is 0 Å². The Hall–Kier alpha value is -0.900. The van der Waals surface area contributed by atoms with E-state index in [1.807, 2.05) is 0 Å². The molecule has 0 amide bonds. The SMILES string of the molecule is Cc1nscc1C(=O)[O-]. The van der Waals surface area contributed by atoms with E-state index in [1.54, 1.807) is 6.92 Å². The number of hydrogen-bond donors (Lipinski definition) is 0. The third-order valence-electron chi connectivity index (χ3n) is 0.970. The van der Waals surface area contributed by atoms with E-state index in [0.29, 0.717) is 5.69 Å². The van der Waals surface area contributed by atoms with E-state index in [4.69, 9.17) is 0 Å². The molecular formula is C5H4NO2S-. The molecule has 0 fully saturated rings. The van der Waals surface area contributed by atoms with Gasteiger partial charge in [0.25, 0.3) is 0 Å². The van der Waals surface area contributed by atoms with Crippen LogP contribution in [0.1, 0.15) is 16.1 Å². The molecule has 0 aromatic carbocycles. The summed E-state index contributed by atoms with van der Waals surface area (Å²) in [6, 6.07) is 0. The molecule has 0 N–H and O–H groups in total. The van der Waals surface area contributed by atoms with Crippen molar-refractivity contribution in [1.29, 1.82) is 0 Å². The lowest BCUT2D eigenvalue weighted by Crippen LogP contribution is -2.22. The van der Waals surface area contributed by atoms with Crippen molar-refractivity contribution in [1.82, 2.24) is 4.37 Å². The molecule has 0 unspecified atom stereocenters.